The van der Waals surface area contributed by atoms with Gasteiger partial charge in [0.1, 0.15) is 0 Å². The molecule has 1 aromatic rings. The molecule has 1 atom stereocenters. The molecule has 1 amide bonds. The molecule has 120 valence electrons. The number of rotatable bonds is 6. The highest BCUT2D eigenvalue weighted by atomic mass is 35.5. The summed E-state index contributed by atoms with van der Waals surface area (Å²) in [5.74, 6) is 0.173. The highest BCUT2D eigenvalue weighted by molar-refractivity contribution is 6.31. The van der Waals surface area contributed by atoms with E-state index in [0.717, 1.165) is 44.6 Å². The predicted molar refractivity (Wildman–Crippen MR) is 92.2 cm³/mol. The molecule has 0 spiro atoms. The third-order valence-electron chi connectivity index (χ3n) is 4.38. The number of nitrogens with zero attached hydrogens (tertiary/aromatic N) is 2. The maximum Gasteiger partial charge on any atom is 0.227 e. The van der Waals surface area contributed by atoms with Crippen LogP contribution in [-0.4, -0.2) is 47.9 Å². The molecule has 4 heteroatoms. The molecule has 0 aliphatic carbocycles. The Bertz CT molecular complexity index is 510. The van der Waals surface area contributed by atoms with Crippen LogP contribution < -0.4 is 0 Å². The molecule has 1 heterocycles. The van der Waals surface area contributed by atoms with E-state index in [0.29, 0.717) is 17.5 Å². The van der Waals surface area contributed by atoms with Gasteiger partial charge in [-0.3, -0.25) is 9.69 Å². The van der Waals surface area contributed by atoms with Crippen molar-refractivity contribution < 1.29 is 4.79 Å². The largest absolute Gasteiger partial charge is 0.340 e. The van der Waals surface area contributed by atoms with E-state index in [1.165, 1.54) is 0 Å². The van der Waals surface area contributed by atoms with Crippen LogP contribution in [0.4, 0.5) is 0 Å². The van der Waals surface area contributed by atoms with E-state index in [-0.39, 0.29) is 5.91 Å². The highest BCUT2D eigenvalue weighted by Gasteiger charge is 2.23. The lowest BCUT2D eigenvalue weighted by Gasteiger charge is -2.38. The van der Waals surface area contributed by atoms with Gasteiger partial charge in [-0.1, -0.05) is 35.9 Å². The van der Waals surface area contributed by atoms with Crippen LogP contribution in [0.1, 0.15) is 25.3 Å². The Morgan fingerprint density at radius 2 is 2.00 bits per heavy atom. The fraction of sp³-hybridized carbons (Fsp3) is 0.500. The van der Waals surface area contributed by atoms with Crippen molar-refractivity contribution in [3.05, 3.63) is 47.5 Å². The van der Waals surface area contributed by atoms with E-state index in [2.05, 4.69) is 18.4 Å². The molecule has 1 aliphatic rings. The molecule has 22 heavy (non-hydrogen) atoms. The molecule has 3 nitrogen and oxygen atoms in total. The Labute approximate surface area is 138 Å². The minimum absolute atomic E-state index is 0.173. The summed E-state index contributed by atoms with van der Waals surface area (Å²) in [6.07, 6.45) is 4.55. The van der Waals surface area contributed by atoms with Gasteiger partial charge >= 0.3 is 0 Å². The zero-order valence-electron chi connectivity index (χ0n) is 13.3. The summed E-state index contributed by atoms with van der Waals surface area (Å²) in [6, 6.07) is 8.13. The Hall–Kier alpha value is -1.32. The van der Waals surface area contributed by atoms with Crippen LogP contribution in [0.15, 0.2) is 36.9 Å². The zero-order chi connectivity index (χ0) is 15.9. The molecule has 1 aliphatic heterocycles. The number of halogens is 1. The van der Waals surface area contributed by atoms with Gasteiger partial charge in [-0.05, 0) is 31.4 Å². The molecule has 1 aromatic carbocycles. The van der Waals surface area contributed by atoms with Gasteiger partial charge in [0, 0.05) is 37.2 Å². The minimum Gasteiger partial charge on any atom is -0.340 e. The second-order valence-corrected chi connectivity index (χ2v) is 6.31. The molecule has 0 N–H and O–H groups in total. The first kappa shape index (κ1) is 17.0. The Morgan fingerprint density at radius 1 is 1.32 bits per heavy atom. The number of piperazine rings is 1. The normalized spacial score (nSPS) is 17.3. The molecule has 2 rings (SSSR count). The van der Waals surface area contributed by atoms with E-state index >= 15 is 0 Å². The number of benzene rings is 1. The molecule has 0 unspecified atom stereocenters. The first-order valence-electron chi connectivity index (χ1n) is 7.98. The van der Waals surface area contributed by atoms with Crippen molar-refractivity contribution in [2.45, 2.75) is 32.2 Å². The van der Waals surface area contributed by atoms with E-state index in [9.17, 15) is 4.79 Å². The summed E-state index contributed by atoms with van der Waals surface area (Å²) in [7, 11) is 0. The van der Waals surface area contributed by atoms with Gasteiger partial charge in [-0.15, -0.1) is 6.58 Å². The number of hydrogen-bond donors (Lipinski definition) is 0. The second-order valence-electron chi connectivity index (χ2n) is 5.90. The maximum absolute atomic E-state index is 12.4. The predicted octanol–water partition coefficient (Wildman–Crippen LogP) is 3.38. The van der Waals surface area contributed by atoms with Crippen molar-refractivity contribution in [1.29, 1.82) is 0 Å². The van der Waals surface area contributed by atoms with E-state index in [1.54, 1.807) is 0 Å². The highest BCUT2D eigenvalue weighted by Crippen LogP contribution is 2.17. The van der Waals surface area contributed by atoms with Crippen LogP contribution in [0.3, 0.4) is 0 Å². The van der Waals surface area contributed by atoms with Crippen LogP contribution in [0.25, 0.3) is 0 Å². The smallest absolute Gasteiger partial charge is 0.227 e. The van der Waals surface area contributed by atoms with Gasteiger partial charge in [0.05, 0.1) is 6.42 Å². The quantitative estimate of drug-likeness (QED) is 0.750. The minimum atomic E-state index is 0.173. The molecule has 1 fully saturated rings. The van der Waals surface area contributed by atoms with Gasteiger partial charge in [-0.2, -0.15) is 0 Å². The summed E-state index contributed by atoms with van der Waals surface area (Å²) in [4.78, 5) is 16.8. The van der Waals surface area contributed by atoms with Crippen LogP contribution in [0.2, 0.25) is 5.02 Å². The van der Waals surface area contributed by atoms with Gasteiger partial charge in [-0.25, -0.2) is 0 Å². The third kappa shape index (κ3) is 4.59. The number of allylic oxidation sites excluding steroid dienone is 1. The van der Waals surface area contributed by atoms with Crippen LogP contribution in [0, 0.1) is 0 Å². The number of carbonyl (C=O) groups is 1. The Balaban J connectivity index is 1.82. The van der Waals surface area contributed by atoms with E-state index in [1.807, 2.05) is 35.2 Å². The molecule has 0 bridgehead atoms. The maximum atomic E-state index is 12.4. The average molecular weight is 321 g/mol. The molecule has 0 saturated carbocycles. The van der Waals surface area contributed by atoms with Crippen molar-refractivity contribution in [1.82, 2.24) is 9.80 Å². The van der Waals surface area contributed by atoms with Gasteiger partial charge < -0.3 is 4.90 Å². The lowest BCUT2D eigenvalue weighted by atomic mass is 10.1. The summed E-state index contributed by atoms with van der Waals surface area (Å²) < 4.78 is 0. The average Bonchev–Trinajstić information content (AvgIpc) is 2.55. The van der Waals surface area contributed by atoms with Gasteiger partial charge in [0.15, 0.2) is 0 Å². The Kier molecular flexibility index (Phi) is 6.47. The lowest BCUT2D eigenvalue weighted by Crippen LogP contribution is -2.51. The molecule has 1 saturated heterocycles. The number of carbonyl (C=O) groups excluding carboxylic acids is 1. The monoisotopic (exact) mass is 320 g/mol. The van der Waals surface area contributed by atoms with Crippen LogP contribution in [0.5, 0.6) is 0 Å². The summed E-state index contributed by atoms with van der Waals surface area (Å²) in [5.41, 5.74) is 0.913. The summed E-state index contributed by atoms with van der Waals surface area (Å²) in [5, 5.41) is 0.674. The fourth-order valence-corrected chi connectivity index (χ4v) is 3.07. The van der Waals surface area contributed by atoms with Crippen LogP contribution in [-0.2, 0) is 11.2 Å². The van der Waals surface area contributed by atoms with Gasteiger partial charge in [0.2, 0.25) is 5.91 Å². The van der Waals surface area contributed by atoms with Crippen LogP contribution >= 0.6 is 11.6 Å². The standard InChI is InChI=1S/C18H25ClN2O/c1-3-4-7-15(2)20-10-12-21(13-11-20)18(22)14-16-8-5-6-9-17(16)19/h3,5-6,8-9,15H,1,4,7,10-14H2,2H3/t15-/m1/s1. The van der Waals surface area contributed by atoms with Crippen molar-refractivity contribution in [3.63, 3.8) is 0 Å². The third-order valence-corrected chi connectivity index (χ3v) is 4.75. The van der Waals surface area contributed by atoms with Gasteiger partial charge in [0.25, 0.3) is 0 Å². The molecule has 0 aromatic heterocycles. The molecular weight excluding hydrogens is 296 g/mol. The van der Waals surface area contributed by atoms with Crippen molar-refractivity contribution >= 4 is 17.5 Å². The molecular formula is C18H25ClN2O. The fourth-order valence-electron chi connectivity index (χ4n) is 2.87. The van der Waals surface area contributed by atoms with E-state index in [4.69, 9.17) is 11.6 Å². The summed E-state index contributed by atoms with van der Waals surface area (Å²) in [6.45, 7) is 9.55. The molecule has 0 radical (unpaired) electrons. The van der Waals surface area contributed by atoms with Crippen molar-refractivity contribution in [3.8, 4) is 0 Å². The lowest BCUT2D eigenvalue weighted by molar-refractivity contribution is -0.132. The van der Waals surface area contributed by atoms with Crippen molar-refractivity contribution in [2.24, 2.45) is 0 Å². The topological polar surface area (TPSA) is 23.6 Å². The Morgan fingerprint density at radius 3 is 2.64 bits per heavy atom. The van der Waals surface area contributed by atoms with Crippen molar-refractivity contribution in [2.75, 3.05) is 26.2 Å². The first-order chi connectivity index (χ1) is 10.6. The first-order valence-corrected chi connectivity index (χ1v) is 8.35. The number of amides is 1. The van der Waals surface area contributed by atoms with E-state index < -0.39 is 0 Å². The zero-order valence-corrected chi connectivity index (χ0v) is 14.1. The number of hydrogen-bond acceptors (Lipinski definition) is 2. The summed E-state index contributed by atoms with van der Waals surface area (Å²) >= 11 is 6.13. The SMILES string of the molecule is C=CCC[C@@H](C)N1CCN(C(=O)Cc2ccccc2Cl)CC1. The second kappa shape index (κ2) is 8.35.